The second-order valence-corrected chi connectivity index (χ2v) is 9.20. The molecule has 1 aromatic heterocycles. The van der Waals surface area contributed by atoms with Gasteiger partial charge in [0.1, 0.15) is 10.3 Å². The van der Waals surface area contributed by atoms with E-state index < -0.39 is 16.1 Å². The van der Waals surface area contributed by atoms with Crippen molar-refractivity contribution in [1.29, 1.82) is 0 Å². The van der Waals surface area contributed by atoms with Crippen molar-refractivity contribution in [1.82, 2.24) is 14.5 Å². The molecule has 1 aliphatic heterocycles. The Morgan fingerprint density at radius 3 is 2.29 bits per heavy atom. The van der Waals surface area contributed by atoms with Gasteiger partial charge in [-0.25, -0.2) is 8.42 Å². The Hall–Kier alpha value is -1.45. The number of carbonyl (C=O) groups excluding carboxylic acids is 2. The molecule has 24 heavy (non-hydrogen) atoms. The summed E-state index contributed by atoms with van der Waals surface area (Å²) in [6.07, 6.45) is 0. The highest BCUT2D eigenvalue weighted by molar-refractivity contribution is 7.91. The van der Waals surface area contributed by atoms with E-state index in [0.717, 1.165) is 0 Å². The highest BCUT2D eigenvalue weighted by atomic mass is 32.2. The van der Waals surface area contributed by atoms with Crippen molar-refractivity contribution in [2.24, 2.45) is 5.92 Å². The zero-order valence-corrected chi connectivity index (χ0v) is 15.7. The van der Waals surface area contributed by atoms with Gasteiger partial charge in [0, 0.05) is 33.1 Å². The summed E-state index contributed by atoms with van der Waals surface area (Å²) in [7, 11) is -3.48. The fourth-order valence-corrected chi connectivity index (χ4v) is 5.18. The van der Waals surface area contributed by atoms with Crippen molar-refractivity contribution in [2.75, 3.05) is 26.2 Å². The summed E-state index contributed by atoms with van der Waals surface area (Å²) in [5, 5.41) is 4.41. The van der Waals surface area contributed by atoms with Gasteiger partial charge in [-0.05, 0) is 17.4 Å². The zero-order valence-electron chi connectivity index (χ0n) is 14.1. The van der Waals surface area contributed by atoms with Gasteiger partial charge in [-0.1, -0.05) is 19.9 Å². The minimum absolute atomic E-state index is 0.0331. The van der Waals surface area contributed by atoms with E-state index >= 15 is 0 Å². The summed E-state index contributed by atoms with van der Waals surface area (Å²) in [6, 6.07) is 2.71. The number of piperazine rings is 1. The van der Waals surface area contributed by atoms with Crippen LogP contribution >= 0.6 is 11.3 Å². The van der Waals surface area contributed by atoms with Gasteiger partial charge < -0.3 is 10.2 Å². The normalized spacial score (nSPS) is 17.8. The average molecular weight is 374 g/mol. The Morgan fingerprint density at radius 1 is 1.21 bits per heavy atom. The van der Waals surface area contributed by atoms with Crippen molar-refractivity contribution < 1.29 is 18.0 Å². The van der Waals surface area contributed by atoms with Gasteiger partial charge in [-0.2, -0.15) is 4.31 Å². The second kappa shape index (κ2) is 7.62. The molecule has 0 spiro atoms. The summed E-state index contributed by atoms with van der Waals surface area (Å²) in [6.45, 7) is 6.30. The van der Waals surface area contributed by atoms with Gasteiger partial charge in [0.25, 0.3) is 10.0 Å². The lowest BCUT2D eigenvalue weighted by Crippen LogP contribution is -2.56. The Labute approximate surface area is 146 Å². The van der Waals surface area contributed by atoms with Crippen LogP contribution in [0.1, 0.15) is 20.8 Å². The third-order valence-electron chi connectivity index (χ3n) is 3.93. The Kier molecular flexibility index (Phi) is 6.00. The number of nitrogens with one attached hydrogen (secondary N) is 1. The molecule has 1 saturated heterocycles. The zero-order chi connectivity index (χ0) is 17.9. The van der Waals surface area contributed by atoms with Gasteiger partial charge in [-0.3, -0.25) is 9.59 Å². The molecule has 1 aliphatic rings. The quantitative estimate of drug-likeness (QED) is 0.825. The van der Waals surface area contributed by atoms with Crippen LogP contribution in [0.5, 0.6) is 0 Å². The molecular weight excluding hydrogens is 350 g/mol. The lowest BCUT2D eigenvalue weighted by atomic mass is 10.0. The average Bonchev–Trinajstić information content (AvgIpc) is 3.07. The fourth-order valence-electron chi connectivity index (χ4n) is 2.62. The minimum Gasteiger partial charge on any atom is -0.344 e. The van der Waals surface area contributed by atoms with E-state index in [1.54, 1.807) is 22.4 Å². The molecule has 2 amide bonds. The molecule has 2 rings (SSSR count). The van der Waals surface area contributed by atoms with E-state index in [4.69, 9.17) is 0 Å². The van der Waals surface area contributed by atoms with Crippen LogP contribution in [0.4, 0.5) is 0 Å². The van der Waals surface area contributed by atoms with Crippen molar-refractivity contribution in [3.63, 3.8) is 0 Å². The van der Waals surface area contributed by atoms with Gasteiger partial charge in [-0.15, -0.1) is 11.3 Å². The van der Waals surface area contributed by atoms with E-state index in [1.807, 2.05) is 13.8 Å². The maximum absolute atomic E-state index is 12.6. The maximum Gasteiger partial charge on any atom is 0.252 e. The van der Waals surface area contributed by atoms with E-state index in [9.17, 15) is 18.0 Å². The van der Waals surface area contributed by atoms with Crippen LogP contribution in [0.3, 0.4) is 0 Å². The van der Waals surface area contributed by atoms with E-state index in [2.05, 4.69) is 5.32 Å². The molecule has 0 radical (unpaired) electrons. The van der Waals surface area contributed by atoms with Crippen LogP contribution in [-0.4, -0.2) is 61.7 Å². The molecule has 9 heteroatoms. The number of nitrogens with zero attached hydrogens (tertiary/aromatic N) is 2. The number of amides is 2. The molecule has 1 N–H and O–H groups in total. The maximum atomic E-state index is 12.6. The number of sulfonamides is 1. The van der Waals surface area contributed by atoms with Crippen molar-refractivity contribution in [3.05, 3.63) is 17.5 Å². The van der Waals surface area contributed by atoms with Crippen LogP contribution < -0.4 is 5.32 Å². The monoisotopic (exact) mass is 373 g/mol. The molecule has 0 aromatic carbocycles. The predicted octanol–water partition coefficient (Wildman–Crippen LogP) is 0.742. The number of carbonyl (C=O) groups is 2. The first-order valence-electron chi connectivity index (χ1n) is 7.83. The highest BCUT2D eigenvalue weighted by Gasteiger charge is 2.34. The Morgan fingerprint density at radius 2 is 1.83 bits per heavy atom. The summed E-state index contributed by atoms with van der Waals surface area (Å²) in [4.78, 5) is 25.5. The fraction of sp³-hybridized carbons (Fsp3) is 0.600. The molecule has 0 aliphatic carbocycles. The standard InChI is InChI=1S/C15H23N3O4S2/c1-11(2)14(16-12(3)19)15(20)17-6-8-18(9-7-17)24(21,22)13-5-4-10-23-13/h4-5,10-11,14H,6-9H2,1-3H3,(H,16,19). The van der Waals surface area contributed by atoms with Crippen molar-refractivity contribution >= 4 is 33.2 Å². The topological polar surface area (TPSA) is 86.8 Å². The third kappa shape index (κ3) is 4.14. The van der Waals surface area contributed by atoms with Gasteiger partial charge >= 0.3 is 0 Å². The molecule has 2 heterocycles. The molecule has 0 bridgehead atoms. The number of rotatable bonds is 5. The third-order valence-corrected chi connectivity index (χ3v) is 7.20. The number of hydrogen-bond acceptors (Lipinski definition) is 5. The minimum atomic E-state index is -3.48. The van der Waals surface area contributed by atoms with Gasteiger partial charge in [0.15, 0.2) is 0 Å². The van der Waals surface area contributed by atoms with Crippen molar-refractivity contribution in [2.45, 2.75) is 31.0 Å². The summed E-state index contributed by atoms with van der Waals surface area (Å²) < 4.78 is 26.7. The largest absolute Gasteiger partial charge is 0.344 e. The molecule has 0 saturated carbocycles. The Balaban J connectivity index is 2.01. The summed E-state index contributed by atoms with van der Waals surface area (Å²) in [5.41, 5.74) is 0. The van der Waals surface area contributed by atoms with Crippen LogP contribution in [-0.2, 0) is 19.6 Å². The van der Waals surface area contributed by atoms with E-state index in [0.29, 0.717) is 17.3 Å². The van der Waals surface area contributed by atoms with Gasteiger partial charge in [0.2, 0.25) is 11.8 Å². The van der Waals surface area contributed by atoms with Crippen molar-refractivity contribution in [3.8, 4) is 0 Å². The summed E-state index contributed by atoms with van der Waals surface area (Å²) >= 11 is 1.19. The first-order chi connectivity index (χ1) is 11.2. The first-order valence-corrected chi connectivity index (χ1v) is 10.1. The summed E-state index contributed by atoms with van der Waals surface area (Å²) in [5.74, 6) is -0.441. The molecule has 134 valence electrons. The molecular formula is C15H23N3O4S2. The van der Waals surface area contributed by atoms with E-state index in [-0.39, 0.29) is 30.8 Å². The molecule has 1 aromatic rings. The van der Waals surface area contributed by atoms with E-state index in [1.165, 1.54) is 22.6 Å². The molecule has 1 atom stereocenters. The van der Waals surface area contributed by atoms with Crippen LogP contribution in [0.25, 0.3) is 0 Å². The van der Waals surface area contributed by atoms with Crippen LogP contribution in [0.15, 0.2) is 21.7 Å². The molecule has 1 fully saturated rings. The van der Waals surface area contributed by atoms with Crippen LogP contribution in [0.2, 0.25) is 0 Å². The van der Waals surface area contributed by atoms with Gasteiger partial charge in [0.05, 0.1) is 0 Å². The highest BCUT2D eigenvalue weighted by Crippen LogP contribution is 2.22. The lowest BCUT2D eigenvalue weighted by Gasteiger charge is -2.36. The first kappa shape index (κ1) is 18.9. The molecule has 7 nitrogen and oxygen atoms in total. The Bertz CT molecular complexity index is 678. The second-order valence-electron chi connectivity index (χ2n) is 6.08. The molecule has 1 unspecified atom stereocenters. The smallest absolute Gasteiger partial charge is 0.252 e. The number of hydrogen-bond donors (Lipinski definition) is 1. The SMILES string of the molecule is CC(=O)NC(C(=O)N1CCN(S(=O)(=O)c2cccs2)CC1)C(C)C. The number of thiophene rings is 1. The predicted molar refractivity (Wildman–Crippen MR) is 92.1 cm³/mol. The lowest BCUT2D eigenvalue weighted by molar-refractivity contribution is -0.138. The van der Waals surface area contributed by atoms with Crippen LogP contribution in [0, 0.1) is 5.92 Å².